The van der Waals surface area contributed by atoms with Crippen molar-refractivity contribution in [3.63, 3.8) is 0 Å². The fourth-order valence-electron chi connectivity index (χ4n) is 2.75. The lowest BCUT2D eigenvalue weighted by Crippen LogP contribution is -2.35. The van der Waals surface area contributed by atoms with Crippen LogP contribution in [-0.4, -0.2) is 46.6 Å². The van der Waals surface area contributed by atoms with E-state index in [2.05, 4.69) is 10.3 Å². The first kappa shape index (κ1) is 16.0. The van der Waals surface area contributed by atoms with Crippen LogP contribution >= 0.6 is 11.6 Å². The van der Waals surface area contributed by atoms with Gasteiger partial charge < -0.3 is 15.3 Å². The second kappa shape index (κ2) is 7.61. The van der Waals surface area contributed by atoms with Crippen molar-refractivity contribution in [1.29, 1.82) is 0 Å². The number of amides is 1. The van der Waals surface area contributed by atoms with Gasteiger partial charge in [-0.15, -0.1) is 0 Å². The number of aliphatic hydroxyl groups is 1. The minimum Gasteiger partial charge on any atom is -0.396 e. The standard InChI is InChI=1S/C15H22ClN3O2/c1-2-17-14-13(16)9-11(10-18-14)15(21)19-7-3-5-12(19)6-4-8-20/h9-10,12,20H,2-8H2,1H3,(H,17,18). The molecule has 0 aromatic carbocycles. The number of nitrogens with one attached hydrogen (secondary N) is 1. The zero-order chi connectivity index (χ0) is 15.2. The molecule has 1 aliphatic heterocycles. The van der Waals surface area contributed by atoms with E-state index in [4.69, 9.17) is 16.7 Å². The number of halogens is 1. The van der Waals surface area contributed by atoms with E-state index in [0.29, 0.717) is 16.4 Å². The summed E-state index contributed by atoms with van der Waals surface area (Å²) in [4.78, 5) is 18.7. The number of pyridine rings is 1. The summed E-state index contributed by atoms with van der Waals surface area (Å²) in [5.41, 5.74) is 0.526. The highest BCUT2D eigenvalue weighted by atomic mass is 35.5. The van der Waals surface area contributed by atoms with E-state index in [-0.39, 0.29) is 18.6 Å². The van der Waals surface area contributed by atoms with Crippen LogP contribution in [0.3, 0.4) is 0 Å². The monoisotopic (exact) mass is 311 g/mol. The number of nitrogens with zero attached hydrogens (tertiary/aromatic N) is 2. The number of hydrogen-bond acceptors (Lipinski definition) is 4. The Morgan fingerprint density at radius 1 is 1.62 bits per heavy atom. The molecule has 0 saturated carbocycles. The Kier molecular flexibility index (Phi) is 5.82. The Morgan fingerprint density at radius 3 is 3.10 bits per heavy atom. The van der Waals surface area contributed by atoms with Crippen LogP contribution in [0.2, 0.25) is 5.02 Å². The minimum atomic E-state index is -0.0205. The number of carbonyl (C=O) groups excluding carboxylic acids is 1. The van der Waals surface area contributed by atoms with E-state index >= 15 is 0 Å². The number of aromatic nitrogens is 1. The van der Waals surface area contributed by atoms with Gasteiger partial charge >= 0.3 is 0 Å². The van der Waals surface area contributed by atoms with Gasteiger partial charge in [-0.1, -0.05) is 11.6 Å². The molecule has 0 aliphatic carbocycles. The Morgan fingerprint density at radius 2 is 2.43 bits per heavy atom. The Bertz CT molecular complexity index is 496. The van der Waals surface area contributed by atoms with Gasteiger partial charge in [0.15, 0.2) is 0 Å². The zero-order valence-electron chi connectivity index (χ0n) is 12.3. The van der Waals surface area contributed by atoms with Gasteiger partial charge in [0.1, 0.15) is 5.82 Å². The van der Waals surface area contributed by atoms with Crippen LogP contribution in [0.5, 0.6) is 0 Å². The maximum atomic E-state index is 12.6. The Hall–Kier alpha value is -1.33. The zero-order valence-corrected chi connectivity index (χ0v) is 13.1. The molecule has 0 bridgehead atoms. The molecule has 2 heterocycles. The van der Waals surface area contributed by atoms with Gasteiger partial charge in [-0.05, 0) is 38.7 Å². The van der Waals surface area contributed by atoms with Crippen molar-refractivity contribution in [3.8, 4) is 0 Å². The van der Waals surface area contributed by atoms with Crippen molar-refractivity contribution < 1.29 is 9.90 Å². The van der Waals surface area contributed by atoms with Gasteiger partial charge in [0.05, 0.1) is 10.6 Å². The highest BCUT2D eigenvalue weighted by molar-refractivity contribution is 6.33. The third-order valence-corrected chi connectivity index (χ3v) is 4.05. The lowest BCUT2D eigenvalue weighted by Gasteiger charge is -2.24. The lowest BCUT2D eigenvalue weighted by atomic mass is 10.1. The van der Waals surface area contributed by atoms with E-state index < -0.39 is 0 Å². The van der Waals surface area contributed by atoms with Crippen molar-refractivity contribution in [1.82, 2.24) is 9.88 Å². The molecule has 0 radical (unpaired) electrons. The number of carbonyl (C=O) groups is 1. The fourth-order valence-corrected chi connectivity index (χ4v) is 2.98. The van der Waals surface area contributed by atoms with Gasteiger partial charge in [-0.3, -0.25) is 4.79 Å². The average molecular weight is 312 g/mol. The molecule has 1 aliphatic rings. The first-order valence-corrected chi connectivity index (χ1v) is 7.86. The molecule has 2 N–H and O–H groups in total. The summed E-state index contributed by atoms with van der Waals surface area (Å²) in [6.07, 6.45) is 5.17. The van der Waals surface area contributed by atoms with Crippen LogP contribution in [0.25, 0.3) is 0 Å². The SMILES string of the molecule is CCNc1ncc(C(=O)N2CCCC2CCCO)cc1Cl. The van der Waals surface area contributed by atoms with Crippen molar-refractivity contribution in [2.45, 2.75) is 38.6 Å². The Balaban J connectivity index is 2.10. The summed E-state index contributed by atoms with van der Waals surface area (Å²) < 4.78 is 0. The van der Waals surface area contributed by atoms with E-state index in [1.165, 1.54) is 0 Å². The molecule has 5 nitrogen and oxygen atoms in total. The Labute approximate surface area is 130 Å². The molecule has 6 heteroatoms. The minimum absolute atomic E-state index is 0.0205. The molecule has 1 atom stereocenters. The van der Waals surface area contributed by atoms with Crippen LogP contribution in [0, 0.1) is 0 Å². The smallest absolute Gasteiger partial charge is 0.255 e. The summed E-state index contributed by atoms with van der Waals surface area (Å²) >= 11 is 6.15. The maximum Gasteiger partial charge on any atom is 0.255 e. The number of aliphatic hydroxyl groups excluding tert-OH is 1. The van der Waals surface area contributed by atoms with Crippen molar-refractivity contribution in [3.05, 3.63) is 22.8 Å². The van der Waals surface area contributed by atoms with Crippen molar-refractivity contribution in [2.75, 3.05) is 25.0 Å². The highest BCUT2D eigenvalue weighted by Crippen LogP contribution is 2.26. The summed E-state index contributed by atoms with van der Waals surface area (Å²) in [5.74, 6) is 0.585. The number of anilines is 1. The van der Waals surface area contributed by atoms with Crippen molar-refractivity contribution in [2.24, 2.45) is 0 Å². The molecule has 1 saturated heterocycles. The molecule has 116 valence electrons. The molecule has 1 amide bonds. The number of hydrogen-bond donors (Lipinski definition) is 2. The number of likely N-dealkylation sites (tertiary alicyclic amines) is 1. The molecule has 2 rings (SSSR count). The van der Waals surface area contributed by atoms with Gasteiger partial charge in [-0.2, -0.15) is 0 Å². The fraction of sp³-hybridized carbons (Fsp3) is 0.600. The largest absolute Gasteiger partial charge is 0.396 e. The molecule has 1 fully saturated rings. The summed E-state index contributed by atoms with van der Waals surface area (Å²) in [6.45, 7) is 3.63. The second-order valence-corrected chi connectivity index (χ2v) is 5.65. The first-order valence-electron chi connectivity index (χ1n) is 7.48. The topological polar surface area (TPSA) is 65.5 Å². The van der Waals surface area contributed by atoms with E-state index in [1.807, 2.05) is 11.8 Å². The predicted molar refractivity (Wildman–Crippen MR) is 83.8 cm³/mol. The van der Waals surface area contributed by atoms with Gasteiger partial charge in [-0.25, -0.2) is 4.98 Å². The first-order chi connectivity index (χ1) is 10.2. The molecular weight excluding hydrogens is 290 g/mol. The predicted octanol–water partition coefficient (Wildman–Crippen LogP) is 2.54. The molecule has 1 aromatic heterocycles. The number of rotatable bonds is 6. The van der Waals surface area contributed by atoms with Crippen molar-refractivity contribution >= 4 is 23.3 Å². The molecule has 21 heavy (non-hydrogen) atoms. The maximum absolute atomic E-state index is 12.6. The highest BCUT2D eigenvalue weighted by Gasteiger charge is 2.29. The molecule has 0 spiro atoms. The average Bonchev–Trinajstić information content (AvgIpc) is 2.95. The third kappa shape index (κ3) is 3.86. The molecule has 1 unspecified atom stereocenters. The third-order valence-electron chi connectivity index (χ3n) is 3.77. The quantitative estimate of drug-likeness (QED) is 0.847. The van der Waals surface area contributed by atoms with Gasteiger partial charge in [0.25, 0.3) is 5.91 Å². The summed E-state index contributed by atoms with van der Waals surface area (Å²) in [6, 6.07) is 1.90. The van der Waals surface area contributed by atoms with Crippen LogP contribution in [0.1, 0.15) is 43.0 Å². The van der Waals surface area contributed by atoms with E-state index in [9.17, 15) is 4.79 Å². The van der Waals surface area contributed by atoms with Crippen LogP contribution in [0.4, 0.5) is 5.82 Å². The van der Waals surface area contributed by atoms with Gasteiger partial charge in [0.2, 0.25) is 0 Å². The van der Waals surface area contributed by atoms with Crippen LogP contribution in [0.15, 0.2) is 12.3 Å². The molecular formula is C15H22ClN3O2. The lowest BCUT2D eigenvalue weighted by molar-refractivity contribution is 0.0724. The molecule has 1 aromatic rings. The summed E-state index contributed by atoms with van der Waals surface area (Å²) in [5, 5.41) is 12.5. The van der Waals surface area contributed by atoms with E-state index in [0.717, 1.165) is 38.8 Å². The second-order valence-electron chi connectivity index (χ2n) is 5.25. The van der Waals surface area contributed by atoms with Crippen LogP contribution < -0.4 is 5.32 Å². The van der Waals surface area contributed by atoms with Gasteiger partial charge in [0, 0.05) is 31.9 Å². The van der Waals surface area contributed by atoms with Crippen LogP contribution in [-0.2, 0) is 0 Å². The van der Waals surface area contributed by atoms with E-state index in [1.54, 1.807) is 12.3 Å². The normalized spacial score (nSPS) is 18.0. The summed E-state index contributed by atoms with van der Waals surface area (Å²) in [7, 11) is 0.